The van der Waals surface area contributed by atoms with Crippen molar-refractivity contribution in [3.05, 3.63) is 65.7 Å². The molecule has 128 valence electrons. The molecule has 6 heteroatoms. The molecule has 0 bridgehead atoms. The molecule has 4 aromatic rings. The number of hydrogen-bond donors (Lipinski definition) is 4. The van der Waals surface area contributed by atoms with Gasteiger partial charge in [0.2, 0.25) is 11.8 Å². The number of carbonyl (C=O) groups is 2. The molecule has 1 aromatic heterocycles. The molecule has 0 fully saturated rings. The second-order valence-electron chi connectivity index (χ2n) is 6.18. The van der Waals surface area contributed by atoms with Crippen molar-refractivity contribution < 1.29 is 9.59 Å². The van der Waals surface area contributed by atoms with Gasteiger partial charge in [0.25, 0.3) is 0 Å². The molecule has 4 rings (SSSR count). The van der Waals surface area contributed by atoms with Gasteiger partial charge in [-0.25, -0.2) is 0 Å². The Kier molecular flexibility index (Phi) is 3.40. The highest BCUT2D eigenvalue weighted by Crippen LogP contribution is 2.35. The van der Waals surface area contributed by atoms with Crippen LogP contribution in [0, 0.1) is 0 Å². The zero-order chi connectivity index (χ0) is 18.4. The van der Waals surface area contributed by atoms with Crippen molar-refractivity contribution in [2.75, 3.05) is 5.73 Å². The SMILES string of the molecule is NC(=O)c1ccc2[nH]c3c(-c4ccc(N)cc4)cc(C(N)=O)cc3c2c1. The molecule has 26 heavy (non-hydrogen) atoms. The van der Waals surface area contributed by atoms with Gasteiger partial charge >= 0.3 is 0 Å². The maximum Gasteiger partial charge on any atom is 0.248 e. The first kappa shape index (κ1) is 15.7. The van der Waals surface area contributed by atoms with E-state index in [0.717, 1.165) is 32.9 Å². The van der Waals surface area contributed by atoms with Crippen LogP contribution in [0.25, 0.3) is 32.9 Å². The third kappa shape index (κ3) is 2.44. The number of aromatic nitrogens is 1. The van der Waals surface area contributed by atoms with Gasteiger partial charge in [-0.05, 0) is 48.0 Å². The lowest BCUT2D eigenvalue weighted by Gasteiger charge is -2.07. The van der Waals surface area contributed by atoms with Crippen LogP contribution in [-0.4, -0.2) is 16.8 Å². The van der Waals surface area contributed by atoms with Crippen molar-refractivity contribution in [3.63, 3.8) is 0 Å². The van der Waals surface area contributed by atoms with E-state index in [4.69, 9.17) is 17.2 Å². The van der Waals surface area contributed by atoms with E-state index in [2.05, 4.69) is 4.98 Å². The Balaban J connectivity index is 2.10. The second-order valence-corrected chi connectivity index (χ2v) is 6.18. The molecule has 0 radical (unpaired) electrons. The smallest absolute Gasteiger partial charge is 0.248 e. The third-order valence-corrected chi connectivity index (χ3v) is 4.50. The van der Waals surface area contributed by atoms with E-state index >= 15 is 0 Å². The summed E-state index contributed by atoms with van der Waals surface area (Å²) in [7, 11) is 0. The van der Waals surface area contributed by atoms with Crippen LogP contribution in [0.1, 0.15) is 20.7 Å². The van der Waals surface area contributed by atoms with E-state index in [1.807, 2.05) is 12.1 Å². The number of aromatic amines is 1. The number of rotatable bonds is 3. The Hall–Kier alpha value is -3.80. The Morgan fingerprint density at radius 1 is 0.769 bits per heavy atom. The van der Waals surface area contributed by atoms with Gasteiger partial charge < -0.3 is 22.2 Å². The highest BCUT2D eigenvalue weighted by molar-refractivity contribution is 6.15. The summed E-state index contributed by atoms with van der Waals surface area (Å²) in [4.78, 5) is 26.7. The minimum absolute atomic E-state index is 0.384. The summed E-state index contributed by atoms with van der Waals surface area (Å²) in [6, 6.07) is 16.0. The summed E-state index contributed by atoms with van der Waals surface area (Å²) in [6.45, 7) is 0. The monoisotopic (exact) mass is 344 g/mol. The van der Waals surface area contributed by atoms with Gasteiger partial charge in [0, 0.05) is 38.7 Å². The number of hydrogen-bond acceptors (Lipinski definition) is 3. The van der Waals surface area contributed by atoms with Gasteiger partial charge in [-0.15, -0.1) is 0 Å². The Bertz CT molecular complexity index is 1190. The maximum atomic E-state index is 11.8. The molecule has 0 spiro atoms. The fourth-order valence-corrected chi connectivity index (χ4v) is 3.19. The first-order valence-corrected chi connectivity index (χ1v) is 7.99. The molecule has 0 atom stereocenters. The summed E-state index contributed by atoms with van der Waals surface area (Å²) in [5.41, 5.74) is 21.5. The standard InChI is InChI=1S/C20H16N4O2/c21-13-4-1-10(2-5-13)14-8-12(20(23)26)9-16-15-7-11(19(22)25)3-6-17(15)24-18(14)16/h1-9,24H,21H2,(H2,22,25)(H2,23,26). The van der Waals surface area contributed by atoms with E-state index < -0.39 is 11.8 Å². The van der Waals surface area contributed by atoms with E-state index in [1.165, 1.54) is 0 Å². The first-order valence-electron chi connectivity index (χ1n) is 7.99. The van der Waals surface area contributed by atoms with Crippen molar-refractivity contribution in [1.29, 1.82) is 0 Å². The van der Waals surface area contributed by atoms with Gasteiger partial charge in [-0.2, -0.15) is 0 Å². The molecule has 7 N–H and O–H groups in total. The lowest BCUT2D eigenvalue weighted by Crippen LogP contribution is -2.11. The first-order chi connectivity index (χ1) is 12.4. The molecule has 0 aliphatic rings. The number of benzene rings is 3. The molecule has 0 saturated heterocycles. The molecule has 6 nitrogen and oxygen atoms in total. The predicted octanol–water partition coefficient (Wildman–Crippen LogP) is 2.77. The summed E-state index contributed by atoms with van der Waals surface area (Å²) in [5, 5.41) is 1.60. The molecule has 3 aromatic carbocycles. The van der Waals surface area contributed by atoms with Crippen LogP contribution in [0.15, 0.2) is 54.6 Å². The average molecular weight is 344 g/mol. The highest BCUT2D eigenvalue weighted by Gasteiger charge is 2.15. The molecule has 0 aliphatic heterocycles. The van der Waals surface area contributed by atoms with Crippen LogP contribution in [0.3, 0.4) is 0 Å². The molecule has 1 heterocycles. The number of nitrogens with two attached hydrogens (primary N) is 3. The summed E-state index contributed by atoms with van der Waals surface area (Å²) < 4.78 is 0. The van der Waals surface area contributed by atoms with Crippen molar-refractivity contribution in [1.82, 2.24) is 4.98 Å². The lowest BCUT2D eigenvalue weighted by atomic mass is 9.98. The zero-order valence-corrected chi connectivity index (χ0v) is 13.7. The van der Waals surface area contributed by atoms with Crippen molar-refractivity contribution in [2.24, 2.45) is 11.5 Å². The van der Waals surface area contributed by atoms with Crippen LogP contribution >= 0.6 is 0 Å². The van der Waals surface area contributed by atoms with Gasteiger partial charge in [0.1, 0.15) is 0 Å². The van der Waals surface area contributed by atoms with Crippen LogP contribution in [0.2, 0.25) is 0 Å². The maximum absolute atomic E-state index is 11.8. The Morgan fingerprint density at radius 3 is 2.08 bits per heavy atom. The molecule has 2 amide bonds. The molecular weight excluding hydrogens is 328 g/mol. The van der Waals surface area contributed by atoms with Crippen LogP contribution in [-0.2, 0) is 0 Å². The zero-order valence-electron chi connectivity index (χ0n) is 13.7. The summed E-state index contributed by atoms with van der Waals surface area (Å²) in [6.07, 6.45) is 0. The number of carbonyl (C=O) groups excluding carboxylic acids is 2. The average Bonchev–Trinajstić information content (AvgIpc) is 2.99. The van der Waals surface area contributed by atoms with Gasteiger partial charge in [0.15, 0.2) is 0 Å². The number of nitrogens with one attached hydrogen (secondary N) is 1. The molecule has 0 unspecified atom stereocenters. The minimum atomic E-state index is -0.524. The van der Waals surface area contributed by atoms with E-state index in [9.17, 15) is 9.59 Å². The fraction of sp³-hybridized carbons (Fsp3) is 0. The quantitative estimate of drug-likeness (QED) is 0.427. The number of primary amides is 2. The van der Waals surface area contributed by atoms with Crippen LogP contribution in [0.4, 0.5) is 5.69 Å². The number of H-pyrrole nitrogens is 1. The third-order valence-electron chi connectivity index (χ3n) is 4.50. The van der Waals surface area contributed by atoms with Gasteiger partial charge in [0.05, 0.1) is 5.52 Å². The van der Waals surface area contributed by atoms with E-state index in [0.29, 0.717) is 16.8 Å². The fourth-order valence-electron chi connectivity index (χ4n) is 3.19. The summed E-state index contributed by atoms with van der Waals surface area (Å²) >= 11 is 0. The number of amides is 2. The lowest BCUT2D eigenvalue weighted by molar-refractivity contribution is 0.0992. The largest absolute Gasteiger partial charge is 0.399 e. The predicted molar refractivity (Wildman–Crippen MR) is 103 cm³/mol. The molecule has 0 aliphatic carbocycles. The number of anilines is 1. The topological polar surface area (TPSA) is 128 Å². The normalized spacial score (nSPS) is 11.1. The highest BCUT2D eigenvalue weighted by atomic mass is 16.1. The van der Waals surface area contributed by atoms with E-state index in [-0.39, 0.29) is 0 Å². The van der Waals surface area contributed by atoms with Gasteiger partial charge in [-0.3, -0.25) is 9.59 Å². The molecular formula is C20H16N4O2. The van der Waals surface area contributed by atoms with Crippen LogP contribution < -0.4 is 17.2 Å². The van der Waals surface area contributed by atoms with Crippen LogP contribution in [0.5, 0.6) is 0 Å². The minimum Gasteiger partial charge on any atom is -0.399 e. The molecule has 0 saturated carbocycles. The second kappa shape index (κ2) is 5.63. The Labute approximate surface area is 148 Å². The van der Waals surface area contributed by atoms with Crippen molar-refractivity contribution in [2.45, 2.75) is 0 Å². The summed E-state index contributed by atoms with van der Waals surface area (Å²) in [5.74, 6) is -1.03. The van der Waals surface area contributed by atoms with Crippen molar-refractivity contribution >= 4 is 39.3 Å². The Morgan fingerprint density at radius 2 is 1.42 bits per heavy atom. The number of nitrogen functional groups attached to an aromatic ring is 1. The van der Waals surface area contributed by atoms with Gasteiger partial charge in [-0.1, -0.05) is 12.1 Å². The van der Waals surface area contributed by atoms with E-state index in [1.54, 1.807) is 42.5 Å². The van der Waals surface area contributed by atoms with Crippen molar-refractivity contribution in [3.8, 4) is 11.1 Å². The number of fused-ring (bicyclic) bond motifs is 3.